The van der Waals surface area contributed by atoms with Crippen LogP contribution < -0.4 is 33.7 Å². The Kier molecular flexibility index (Phi) is 14.9. The molecule has 0 bridgehead atoms. The number of halogens is 2. The maximum Gasteiger partial charge on any atom is -1.00 e. The van der Waals surface area contributed by atoms with E-state index in [2.05, 4.69) is 184 Å². The number of hydrogen-bond acceptors (Lipinski definition) is 4. The van der Waals surface area contributed by atoms with Gasteiger partial charge in [-0.3, -0.25) is 0 Å². The van der Waals surface area contributed by atoms with Crippen molar-refractivity contribution in [3.05, 3.63) is 65.2 Å². The van der Waals surface area contributed by atoms with E-state index in [9.17, 15) is 0 Å². The van der Waals surface area contributed by atoms with Crippen molar-refractivity contribution in [1.82, 2.24) is 0 Å². The van der Waals surface area contributed by atoms with Gasteiger partial charge in [0.05, 0.1) is 0 Å². The van der Waals surface area contributed by atoms with Gasteiger partial charge in [-0.05, 0) is 0 Å². The molecule has 2 unspecified atom stereocenters. The summed E-state index contributed by atoms with van der Waals surface area (Å²) in [6.07, 6.45) is 4.83. The molecule has 0 N–H and O–H groups in total. The average Bonchev–Trinajstić information content (AvgIpc) is 3.44. The zero-order valence-electron chi connectivity index (χ0n) is 36.7. The molecule has 0 aromatic heterocycles. The van der Waals surface area contributed by atoms with Gasteiger partial charge in [0.25, 0.3) is 0 Å². The molecule has 0 saturated heterocycles. The number of benzene rings is 2. The molecule has 0 spiro atoms. The normalized spacial score (nSPS) is 18.2. The number of hydrogen-bond donors (Lipinski definition) is 0. The Balaban J connectivity index is 0.00000486. The van der Waals surface area contributed by atoms with Crippen LogP contribution >= 0.6 is 0 Å². The van der Waals surface area contributed by atoms with Gasteiger partial charge in [0, 0.05) is 0 Å². The van der Waals surface area contributed by atoms with Crippen LogP contribution in [0.25, 0.3) is 12.2 Å². The molecule has 2 aliphatic carbocycles. The van der Waals surface area contributed by atoms with E-state index in [0.29, 0.717) is 0 Å². The first-order valence-corrected chi connectivity index (χ1v) is 33.1. The second-order valence-electron chi connectivity index (χ2n) is 21.1. The van der Waals surface area contributed by atoms with Gasteiger partial charge >= 0.3 is 331 Å². The molecule has 0 aliphatic heterocycles. The summed E-state index contributed by atoms with van der Waals surface area (Å²) in [5.74, 6) is 2.03. The zero-order valence-corrected chi connectivity index (χ0v) is 44.6. The molecule has 2 atom stereocenters. The maximum atomic E-state index is 7.45. The van der Waals surface area contributed by atoms with Crippen LogP contribution in [0.5, 0.6) is 11.5 Å². The Bertz CT molecular complexity index is 1570. The molecule has 0 saturated carbocycles. The Morgan fingerprint density at radius 3 is 1.00 bits per heavy atom. The molecule has 4 rings (SSSR count). The van der Waals surface area contributed by atoms with E-state index >= 15 is 0 Å². The molecule has 0 heterocycles. The summed E-state index contributed by atoms with van der Waals surface area (Å²) in [5, 5.41) is 0.392. The summed E-state index contributed by atoms with van der Waals surface area (Å²) in [5.41, 5.74) is 4.99. The van der Waals surface area contributed by atoms with Gasteiger partial charge in [-0.15, -0.1) is 0 Å². The van der Waals surface area contributed by atoms with E-state index in [-0.39, 0.29) is 57.2 Å². The molecule has 2 aliphatic rings. The molecule has 2 aromatic carbocycles. The van der Waals surface area contributed by atoms with Crippen molar-refractivity contribution in [3.8, 4) is 11.5 Å². The van der Waals surface area contributed by atoms with E-state index in [1.807, 2.05) is 0 Å². The van der Waals surface area contributed by atoms with E-state index in [4.69, 9.17) is 17.7 Å². The largest absolute Gasteiger partial charge is 1.00 e. The van der Waals surface area contributed by atoms with Crippen LogP contribution in [0.2, 0.25) is 72.5 Å². The predicted octanol–water partition coefficient (Wildman–Crippen LogP) is 8.08. The predicted molar refractivity (Wildman–Crippen MR) is 227 cm³/mol. The zero-order chi connectivity index (χ0) is 39.0. The van der Waals surface area contributed by atoms with E-state index < -0.39 is 56.5 Å². The summed E-state index contributed by atoms with van der Waals surface area (Å²) in [6, 6.07) is 13.3. The van der Waals surface area contributed by atoms with Crippen LogP contribution in [0.4, 0.5) is 0 Å². The van der Waals surface area contributed by atoms with Gasteiger partial charge in [-0.1, -0.05) is 0 Å². The second-order valence-corrected chi connectivity index (χ2v) is 43.5. The summed E-state index contributed by atoms with van der Waals surface area (Å²) < 4.78 is 31.9. The Morgan fingerprint density at radius 2 is 0.736 bits per heavy atom. The third-order valence-corrected chi connectivity index (χ3v) is 34.0. The standard InChI is InChI=1S/2C21H35O2Si2.2ClH.Zr/c2*1-20(2,3)24(7,8)22-18-13-11-12-16-17(18)14-15-19(16)23-25(9,10)21(4,5)6;;;/h2*11-14,19H,1-10H3;2*1H;/q;;;;+2/p-2. The van der Waals surface area contributed by atoms with Gasteiger partial charge in [0.15, 0.2) is 0 Å². The van der Waals surface area contributed by atoms with Crippen molar-refractivity contribution in [1.29, 1.82) is 0 Å². The molecule has 0 radical (unpaired) electrons. The van der Waals surface area contributed by atoms with Crippen LogP contribution in [-0.2, 0) is 32.1 Å². The van der Waals surface area contributed by atoms with Crippen molar-refractivity contribution < 1.29 is 65.8 Å². The molecule has 296 valence electrons. The third kappa shape index (κ3) is 10.3. The van der Waals surface area contributed by atoms with Gasteiger partial charge in [-0.2, -0.15) is 0 Å². The topological polar surface area (TPSA) is 36.9 Å². The van der Waals surface area contributed by atoms with E-state index in [0.717, 1.165) is 11.5 Å². The van der Waals surface area contributed by atoms with Crippen molar-refractivity contribution in [2.24, 2.45) is 0 Å². The Morgan fingerprint density at radius 1 is 0.453 bits per heavy atom. The van der Waals surface area contributed by atoms with Crippen molar-refractivity contribution in [2.75, 3.05) is 0 Å². The molecule has 53 heavy (non-hydrogen) atoms. The van der Waals surface area contributed by atoms with Crippen LogP contribution in [-0.4, -0.2) is 33.3 Å². The molecular formula is C42H70Cl2O4Si4Zr. The second kappa shape index (κ2) is 16.2. The third-order valence-electron chi connectivity index (χ3n) is 13.0. The summed E-state index contributed by atoms with van der Waals surface area (Å²) in [4.78, 5) is 0. The Hall–Kier alpha value is -0.229. The number of fused-ring (bicyclic) bond motifs is 2. The minimum Gasteiger partial charge on any atom is -1.00 e. The van der Waals surface area contributed by atoms with Crippen molar-refractivity contribution >= 4 is 45.4 Å². The fourth-order valence-electron chi connectivity index (χ4n) is 5.29. The van der Waals surface area contributed by atoms with Crippen LogP contribution in [0, 0.1) is 0 Å². The fourth-order valence-corrected chi connectivity index (χ4v) is 13.9. The average molecular weight is 913 g/mol. The Labute approximate surface area is 353 Å². The molecule has 2 aromatic rings. The quantitative estimate of drug-likeness (QED) is 0.226. The first kappa shape index (κ1) is 48.9. The van der Waals surface area contributed by atoms with Crippen LogP contribution in [0.1, 0.15) is 118 Å². The van der Waals surface area contributed by atoms with Gasteiger partial charge in [-0.25, -0.2) is 0 Å². The van der Waals surface area contributed by atoms with E-state index in [1.54, 1.807) is 0 Å². The van der Waals surface area contributed by atoms with Crippen molar-refractivity contribution in [3.63, 3.8) is 0 Å². The molecule has 4 nitrogen and oxygen atoms in total. The summed E-state index contributed by atoms with van der Waals surface area (Å²) >= 11 is -1.43. The monoisotopic (exact) mass is 910 g/mol. The first-order chi connectivity index (χ1) is 22.8. The van der Waals surface area contributed by atoms with Crippen LogP contribution in [0.3, 0.4) is 0 Å². The molecule has 11 heteroatoms. The minimum absolute atomic E-state index is 0. The SMILES string of the molecule is CC(C)(C)[Si](C)(C)Oc1cccc2c1C=[C]([Zr+2][C]1=Cc3c(O[Si](C)(C)C(C)(C)C)cccc3C1O[Si](C)(C)C(C)(C)C)C2O[Si](C)(C)C(C)(C)C.[Cl-].[Cl-]. The summed E-state index contributed by atoms with van der Waals surface area (Å²) in [6.45, 7) is 46.9. The first-order valence-electron chi connectivity index (χ1n) is 19.0. The maximum absolute atomic E-state index is 7.45. The van der Waals surface area contributed by atoms with Crippen molar-refractivity contribution in [2.45, 2.75) is 168 Å². The van der Waals surface area contributed by atoms with Crippen LogP contribution in [0.15, 0.2) is 43.0 Å². The fraction of sp³-hybridized carbons (Fsp3) is 0.619. The van der Waals surface area contributed by atoms with Gasteiger partial charge < -0.3 is 24.8 Å². The minimum atomic E-state index is -2.13. The smallest absolute Gasteiger partial charge is 1.00 e. The molecule has 0 fully saturated rings. The van der Waals surface area contributed by atoms with E-state index in [1.165, 1.54) is 28.8 Å². The van der Waals surface area contributed by atoms with Gasteiger partial charge in [0.1, 0.15) is 0 Å². The molecular weight excluding hydrogens is 843 g/mol. The van der Waals surface area contributed by atoms with Gasteiger partial charge in [0.2, 0.25) is 0 Å². The molecule has 0 amide bonds. The number of rotatable bonds is 10. The summed E-state index contributed by atoms with van der Waals surface area (Å²) in [7, 11) is -8.40.